The van der Waals surface area contributed by atoms with Gasteiger partial charge in [-0.3, -0.25) is 4.79 Å². The molecular weight excluding hydrogens is 350 g/mol. The first-order valence-corrected chi connectivity index (χ1v) is 10.0. The number of thiazole rings is 1. The maximum absolute atomic E-state index is 12.4. The van der Waals surface area contributed by atoms with Crippen molar-refractivity contribution in [3.8, 4) is 5.19 Å². The van der Waals surface area contributed by atoms with E-state index in [-0.39, 0.29) is 11.9 Å². The Morgan fingerprint density at radius 2 is 2.30 bits per heavy atom. The van der Waals surface area contributed by atoms with Gasteiger partial charge in [-0.1, -0.05) is 23.1 Å². The maximum atomic E-state index is 12.4. The lowest BCUT2D eigenvalue weighted by Gasteiger charge is -2.20. The van der Waals surface area contributed by atoms with Crippen LogP contribution in [-0.2, 0) is 0 Å². The lowest BCUT2D eigenvalue weighted by Crippen LogP contribution is -2.42. The number of rotatable bonds is 5. The molecule has 2 fully saturated rings. The van der Waals surface area contributed by atoms with E-state index in [1.807, 2.05) is 12.1 Å². The largest absolute Gasteiger partial charge is 0.473 e. The molecular formula is C15H17N3O2S3. The van der Waals surface area contributed by atoms with Crippen LogP contribution in [0.25, 0.3) is 0 Å². The number of nitrogens with one attached hydrogen (secondary N) is 2. The molecule has 2 saturated heterocycles. The lowest BCUT2D eigenvalue weighted by atomic mass is 9.95. The van der Waals surface area contributed by atoms with E-state index in [1.165, 1.54) is 35.5 Å². The summed E-state index contributed by atoms with van der Waals surface area (Å²) in [6.07, 6.45) is 5.28. The van der Waals surface area contributed by atoms with Crippen LogP contribution in [0.2, 0.25) is 0 Å². The van der Waals surface area contributed by atoms with Crippen molar-refractivity contribution >= 4 is 40.3 Å². The summed E-state index contributed by atoms with van der Waals surface area (Å²) in [5.41, 5.74) is 0. The number of carbonyl (C=O) groups excluding carboxylic acids is 1. The first-order valence-electron chi connectivity index (χ1n) is 7.55. The third-order valence-electron chi connectivity index (χ3n) is 4.26. The highest BCUT2D eigenvalue weighted by molar-refractivity contribution is 8.02. The van der Waals surface area contributed by atoms with Gasteiger partial charge in [-0.25, -0.2) is 4.98 Å². The summed E-state index contributed by atoms with van der Waals surface area (Å²) in [6, 6.07) is 5.24. The zero-order valence-electron chi connectivity index (χ0n) is 12.6. The van der Waals surface area contributed by atoms with Crippen LogP contribution in [0.5, 0.6) is 5.19 Å². The van der Waals surface area contributed by atoms with Gasteiger partial charge < -0.3 is 15.4 Å². The number of thiophene rings is 1. The average Bonchev–Trinajstić information content (AvgIpc) is 3.32. The van der Waals surface area contributed by atoms with Crippen LogP contribution in [0.4, 0.5) is 0 Å². The van der Waals surface area contributed by atoms with Gasteiger partial charge in [-0.15, -0.1) is 11.3 Å². The molecule has 2 aromatic rings. The van der Waals surface area contributed by atoms with E-state index < -0.39 is 0 Å². The Hall–Kier alpha value is -1.09. The van der Waals surface area contributed by atoms with E-state index in [0.29, 0.717) is 17.3 Å². The van der Waals surface area contributed by atoms with Crippen LogP contribution in [0.3, 0.4) is 0 Å². The average molecular weight is 368 g/mol. The van der Waals surface area contributed by atoms with Crippen LogP contribution in [0, 0.1) is 0 Å². The Balaban J connectivity index is 1.38. The van der Waals surface area contributed by atoms with Crippen molar-refractivity contribution in [3.63, 3.8) is 0 Å². The fraction of sp³-hybridized carbons (Fsp3) is 0.467. The van der Waals surface area contributed by atoms with Gasteiger partial charge in [-0.2, -0.15) is 0 Å². The highest BCUT2D eigenvalue weighted by atomic mass is 32.2. The quantitative estimate of drug-likeness (QED) is 0.851. The number of fused-ring (bicyclic) bond motifs is 2. The monoisotopic (exact) mass is 367 g/mol. The molecule has 0 aromatic carbocycles. The SMILES string of the molecule is COc1ncc(Sc2ccc(C(=O)N[C@@H]3C[C@H]4CC[C@@H]3N4)s2)s1. The molecule has 2 aliphatic heterocycles. The molecule has 23 heavy (non-hydrogen) atoms. The van der Waals surface area contributed by atoms with Gasteiger partial charge in [0.1, 0.15) is 0 Å². The predicted octanol–water partition coefficient (Wildman–Crippen LogP) is 2.99. The molecule has 122 valence electrons. The number of ether oxygens (including phenoxy) is 1. The van der Waals surface area contributed by atoms with Gasteiger partial charge >= 0.3 is 0 Å². The van der Waals surface area contributed by atoms with Crippen LogP contribution in [0.1, 0.15) is 28.9 Å². The first-order chi connectivity index (χ1) is 11.2. The molecule has 5 nitrogen and oxygen atoms in total. The molecule has 3 atom stereocenters. The van der Waals surface area contributed by atoms with Crippen LogP contribution >= 0.6 is 34.4 Å². The molecule has 2 aliphatic rings. The topological polar surface area (TPSA) is 63.2 Å². The van der Waals surface area contributed by atoms with Crippen molar-refractivity contribution in [3.05, 3.63) is 23.2 Å². The molecule has 0 saturated carbocycles. The van der Waals surface area contributed by atoms with Gasteiger partial charge in [0, 0.05) is 18.1 Å². The Kier molecular flexibility index (Phi) is 4.31. The van der Waals surface area contributed by atoms with E-state index in [1.54, 1.807) is 25.1 Å². The van der Waals surface area contributed by atoms with E-state index in [0.717, 1.165) is 19.7 Å². The van der Waals surface area contributed by atoms with Crippen molar-refractivity contribution in [1.82, 2.24) is 15.6 Å². The second kappa shape index (κ2) is 6.43. The Labute approximate surface area is 146 Å². The van der Waals surface area contributed by atoms with E-state index in [4.69, 9.17) is 4.74 Å². The summed E-state index contributed by atoms with van der Waals surface area (Å²) >= 11 is 4.65. The molecule has 2 aromatic heterocycles. The third kappa shape index (κ3) is 3.26. The fourth-order valence-corrected chi connectivity index (χ4v) is 6.27. The number of amides is 1. The van der Waals surface area contributed by atoms with Crippen LogP contribution < -0.4 is 15.4 Å². The van der Waals surface area contributed by atoms with E-state index in [2.05, 4.69) is 15.6 Å². The molecule has 0 unspecified atom stereocenters. The van der Waals surface area contributed by atoms with E-state index in [9.17, 15) is 4.79 Å². The molecule has 2 bridgehead atoms. The van der Waals surface area contributed by atoms with Gasteiger partial charge in [0.2, 0.25) is 0 Å². The normalized spacial score (nSPS) is 25.7. The number of nitrogens with zero attached hydrogens (tertiary/aromatic N) is 1. The molecule has 2 N–H and O–H groups in total. The Morgan fingerprint density at radius 1 is 1.39 bits per heavy atom. The number of hydrogen-bond acceptors (Lipinski definition) is 7. The maximum Gasteiger partial charge on any atom is 0.273 e. The molecule has 1 amide bonds. The summed E-state index contributed by atoms with van der Waals surface area (Å²) in [4.78, 5) is 17.4. The molecule has 0 aliphatic carbocycles. The molecule has 0 spiro atoms. The minimum atomic E-state index is 0.0445. The smallest absolute Gasteiger partial charge is 0.273 e. The number of methoxy groups -OCH3 is 1. The van der Waals surface area contributed by atoms with Crippen molar-refractivity contribution < 1.29 is 9.53 Å². The zero-order valence-corrected chi connectivity index (χ0v) is 15.0. The van der Waals surface area contributed by atoms with Gasteiger partial charge in [-0.05, 0) is 31.4 Å². The highest BCUT2D eigenvalue weighted by Crippen LogP contribution is 2.38. The molecule has 4 rings (SSSR count). The molecule has 8 heteroatoms. The summed E-state index contributed by atoms with van der Waals surface area (Å²) < 4.78 is 7.26. The van der Waals surface area contributed by atoms with Gasteiger partial charge in [0.25, 0.3) is 11.1 Å². The van der Waals surface area contributed by atoms with Crippen molar-refractivity contribution in [2.24, 2.45) is 0 Å². The second-order valence-electron chi connectivity index (χ2n) is 5.73. The third-order valence-corrected chi connectivity index (χ3v) is 7.54. The zero-order chi connectivity index (χ0) is 15.8. The highest BCUT2D eigenvalue weighted by Gasteiger charge is 2.39. The van der Waals surface area contributed by atoms with Crippen molar-refractivity contribution in [2.45, 2.75) is 45.8 Å². The number of aromatic nitrogens is 1. The Morgan fingerprint density at radius 3 is 3.00 bits per heavy atom. The van der Waals surface area contributed by atoms with Crippen LogP contribution in [0.15, 0.2) is 26.7 Å². The number of hydrogen-bond donors (Lipinski definition) is 2. The summed E-state index contributed by atoms with van der Waals surface area (Å²) in [5, 5.41) is 7.39. The summed E-state index contributed by atoms with van der Waals surface area (Å²) in [6.45, 7) is 0. The van der Waals surface area contributed by atoms with Crippen LogP contribution in [-0.4, -0.2) is 36.1 Å². The summed E-state index contributed by atoms with van der Waals surface area (Å²) in [7, 11) is 1.62. The molecule has 0 radical (unpaired) electrons. The fourth-order valence-electron chi connectivity index (χ4n) is 3.21. The van der Waals surface area contributed by atoms with Gasteiger partial charge in [0.05, 0.1) is 26.6 Å². The summed E-state index contributed by atoms with van der Waals surface area (Å²) in [5.74, 6) is 0.0445. The van der Waals surface area contributed by atoms with Gasteiger partial charge in [0.15, 0.2) is 0 Å². The standard InChI is InChI=1S/C15H17N3O2S3/c1-20-15-16-7-13(23-15)22-12-5-4-11(21-12)14(19)18-10-6-8-2-3-9(10)17-8/h4-5,7-10,17H,2-3,6H2,1H3,(H,18,19)/t8-,9+,10-/m1/s1. The minimum absolute atomic E-state index is 0.0445. The van der Waals surface area contributed by atoms with Crippen molar-refractivity contribution in [1.29, 1.82) is 0 Å². The first kappa shape index (κ1) is 15.4. The lowest BCUT2D eigenvalue weighted by molar-refractivity contribution is 0.0935. The minimum Gasteiger partial charge on any atom is -0.473 e. The van der Waals surface area contributed by atoms with Crippen molar-refractivity contribution in [2.75, 3.05) is 7.11 Å². The number of carbonyl (C=O) groups is 1. The predicted molar refractivity (Wildman–Crippen MR) is 92.9 cm³/mol. The molecule has 4 heterocycles. The van der Waals surface area contributed by atoms with E-state index >= 15 is 0 Å². The second-order valence-corrected chi connectivity index (χ2v) is 9.41. The Bertz CT molecular complexity index is 714.